The van der Waals surface area contributed by atoms with E-state index >= 15 is 0 Å². The molecule has 0 saturated heterocycles. The predicted molar refractivity (Wildman–Crippen MR) is 110 cm³/mol. The molecular formula is C22H30N2O3. The molecule has 0 spiro atoms. The molecule has 0 radical (unpaired) electrons. The molecule has 2 rings (SSSR count). The zero-order chi connectivity index (χ0) is 19.3. The molecule has 0 unspecified atom stereocenters. The molecule has 0 bridgehead atoms. The van der Waals surface area contributed by atoms with E-state index in [1.165, 1.54) is 0 Å². The number of hydrogen-bond acceptors (Lipinski definition) is 4. The molecule has 0 aliphatic heterocycles. The standard InChI is InChI=1S/C22H30N2O3/c1-3-14-24(15-4-2)18-22(25)23-20-12-8-9-13-21(20)27-17-16-26-19-10-6-5-7-11-19/h5-13H,3-4,14-18H2,1-2H3,(H,23,25). The summed E-state index contributed by atoms with van der Waals surface area (Å²) in [5.74, 6) is 1.45. The van der Waals surface area contributed by atoms with Crippen LogP contribution >= 0.6 is 0 Å². The van der Waals surface area contributed by atoms with Crippen LogP contribution in [0.15, 0.2) is 54.6 Å². The van der Waals surface area contributed by atoms with Crippen molar-refractivity contribution < 1.29 is 14.3 Å². The summed E-state index contributed by atoms with van der Waals surface area (Å²) in [6.45, 7) is 7.34. The fourth-order valence-corrected chi connectivity index (χ4v) is 2.82. The van der Waals surface area contributed by atoms with Gasteiger partial charge >= 0.3 is 0 Å². The van der Waals surface area contributed by atoms with E-state index in [1.807, 2.05) is 54.6 Å². The maximum Gasteiger partial charge on any atom is 0.238 e. The van der Waals surface area contributed by atoms with Crippen LogP contribution in [0, 0.1) is 0 Å². The molecule has 1 N–H and O–H groups in total. The molecule has 1 amide bonds. The van der Waals surface area contributed by atoms with Crippen LogP contribution in [0.3, 0.4) is 0 Å². The maximum absolute atomic E-state index is 12.4. The lowest BCUT2D eigenvalue weighted by Gasteiger charge is -2.20. The average molecular weight is 370 g/mol. The van der Waals surface area contributed by atoms with Crippen molar-refractivity contribution in [1.82, 2.24) is 4.90 Å². The summed E-state index contributed by atoms with van der Waals surface area (Å²) >= 11 is 0. The summed E-state index contributed by atoms with van der Waals surface area (Å²) in [5.41, 5.74) is 0.690. The van der Waals surface area contributed by atoms with Gasteiger partial charge in [0.2, 0.25) is 5.91 Å². The van der Waals surface area contributed by atoms with E-state index < -0.39 is 0 Å². The molecule has 2 aromatic rings. The monoisotopic (exact) mass is 370 g/mol. The second-order valence-electron chi connectivity index (χ2n) is 6.33. The molecule has 5 nitrogen and oxygen atoms in total. The number of carbonyl (C=O) groups is 1. The minimum Gasteiger partial charge on any atom is -0.490 e. The van der Waals surface area contributed by atoms with Crippen molar-refractivity contribution in [2.24, 2.45) is 0 Å². The van der Waals surface area contributed by atoms with Gasteiger partial charge in [-0.3, -0.25) is 9.69 Å². The Balaban J connectivity index is 1.84. The SMILES string of the molecule is CCCN(CCC)CC(=O)Nc1ccccc1OCCOc1ccccc1. The third-order valence-electron chi connectivity index (χ3n) is 3.96. The number of ether oxygens (including phenoxy) is 2. The number of hydrogen-bond donors (Lipinski definition) is 1. The van der Waals surface area contributed by atoms with E-state index in [0.29, 0.717) is 31.2 Å². The van der Waals surface area contributed by atoms with Crippen LogP contribution in [0.25, 0.3) is 0 Å². The van der Waals surface area contributed by atoms with Crippen molar-refractivity contribution in [3.05, 3.63) is 54.6 Å². The van der Waals surface area contributed by atoms with Crippen LogP contribution in [-0.2, 0) is 4.79 Å². The van der Waals surface area contributed by atoms with E-state index in [-0.39, 0.29) is 5.91 Å². The molecule has 5 heteroatoms. The number of nitrogens with zero attached hydrogens (tertiary/aromatic N) is 1. The quantitative estimate of drug-likeness (QED) is 0.569. The first-order valence-corrected chi connectivity index (χ1v) is 9.64. The van der Waals surface area contributed by atoms with Crippen molar-refractivity contribution in [2.45, 2.75) is 26.7 Å². The minimum atomic E-state index is -0.0199. The number of anilines is 1. The first-order valence-electron chi connectivity index (χ1n) is 9.64. The van der Waals surface area contributed by atoms with Gasteiger partial charge in [-0.05, 0) is 50.2 Å². The van der Waals surface area contributed by atoms with E-state index in [2.05, 4.69) is 24.1 Å². The lowest BCUT2D eigenvalue weighted by molar-refractivity contribution is -0.117. The number of rotatable bonds is 12. The molecule has 27 heavy (non-hydrogen) atoms. The first kappa shape index (κ1) is 20.8. The highest BCUT2D eigenvalue weighted by molar-refractivity contribution is 5.93. The van der Waals surface area contributed by atoms with Gasteiger partial charge in [-0.15, -0.1) is 0 Å². The third-order valence-corrected chi connectivity index (χ3v) is 3.96. The molecule has 0 saturated carbocycles. The fraction of sp³-hybridized carbons (Fsp3) is 0.409. The molecular weight excluding hydrogens is 340 g/mol. The largest absolute Gasteiger partial charge is 0.490 e. The van der Waals surface area contributed by atoms with Gasteiger partial charge in [0, 0.05) is 0 Å². The minimum absolute atomic E-state index is 0.0199. The van der Waals surface area contributed by atoms with Crippen LogP contribution in [0.2, 0.25) is 0 Å². The van der Waals surface area contributed by atoms with E-state index in [0.717, 1.165) is 31.7 Å². The van der Waals surface area contributed by atoms with Gasteiger partial charge in [-0.25, -0.2) is 0 Å². The summed E-state index contributed by atoms with van der Waals surface area (Å²) in [4.78, 5) is 14.6. The van der Waals surface area contributed by atoms with Crippen molar-refractivity contribution in [3.63, 3.8) is 0 Å². The summed E-state index contributed by atoms with van der Waals surface area (Å²) in [7, 11) is 0. The van der Waals surface area contributed by atoms with Crippen LogP contribution < -0.4 is 14.8 Å². The number of para-hydroxylation sites is 3. The van der Waals surface area contributed by atoms with Crippen LogP contribution in [-0.4, -0.2) is 43.7 Å². The second kappa shape index (κ2) is 12.0. The zero-order valence-corrected chi connectivity index (χ0v) is 16.3. The molecule has 0 heterocycles. The van der Waals surface area contributed by atoms with Gasteiger partial charge in [0.25, 0.3) is 0 Å². The molecule has 2 aromatic carbocycles. The average Bonchev–Trinajstić information content (AvgIpc) is 2.67. The van der Waals surface area contributed by atoms with Gasteiger partial charge in [0.1, 0.15) is 24.7 Å². The molecule has 0 atom stereocenters. The number of carbonyl (C=O) groups excluding carboxylic acids is 1. The predicted octanol–water partition coefficient (Wildman–Crippen LogP) is 4.20. The Morgan fingerprint density at radius 3 is 2.22 bits per heavy atom. The molecule has 0 aliphatic rings. The Kier molecular flexibility index (Phi) is 9.21. The van der Waals surface area contributed by atoms with E-state index in [4.69, 9.17) is 9.47 Å². The number of nitrogens with one attached hydrogen (secondary N) is 1. The smallest absolute Gasteiger partial charge is 0.238 e. The topological polar surface area (TPSA) is 50.8 Å². The van der Waals surface area contributed by atoms with Gasteiger partial charge in [-0.2, -0.15) is 0 Å². The molecule has 146 valence electrons. The van der Waals surface area contributed by atoms with Crippen LogP contribution in [0.5, 0.6) is 11.5 Å². The van der Waals surface area contributed by atoms with Crippen LogP contribution in [0.1, 0.15) is 26.7 Å². The lowest BCUT2D eigenvalue weighted by atomic mass is 10.3. The highest BCUT2D eigenvalue weighted by Gasteiger charge is 2.12. The number of amides is 1. The highest BCUT2D eigenvalue weighted by Crippen LogP contribution is 2.23. The Morgan fingerprint density at radius 1 is 0.889 bits per heavy atom. The molecule has 0 aromatic heterocycles. The fourth-order valence-electron chi connectivity index (χ4n) is 2.82. The van der Waals surface area contributed by atoms with Gasteiger partial charge < -0.3 is 14.8 Å². The summed E-state index contributed by atoms with van der Waals surface area (Å²) in [6.07, 6.45) is 2.07. The molecule has 0 fully saturated rings. The van der Waals surface area contributed by atoms with Crippen LogP contribution in [0.4, 0.5) is 5.69 Å². The van der Waals surface area contributed by atoms with Crippen molar-refractivity contribution in [2.75, 3.05) is 38.2 Å². The van der Waals surface area contributed by atoms with Crippen molar-refractivity contribution >= 4 is 11.6 Å². The van der Waals surface area contributed by atoms with Gasteiger partial charge in [-0.1, -0.05) is 44.2 Å². The zero-order valence-electron chi connectivity index (χ0n) is 16.3. The Morgan fingerprint density at radius 2 is 1.52 bits per heavy atom. The Labute approximate surface area is 162 Å². The highest BCUT2D eigenvalue weighted by atomic mass is 16.5. The summed E-state index contributed by atoms with van der Waals surface area (Å²) in [6, 6.07) is 17.1. The summed E-state index contributed by atoms with van der Waals surface area (Å²) in [5, 5.41) is 2.97. The van der Waals surface area contributed by atoms with Crippen molar-refractivity contribution in [1.29, 1.82) is 0 Å². The summed E-state index contributed by atoms with van der Waals surface area (Å²) < 4.78 is 11.4. The van der Waals surface area contributed by atoms with Crippen molar-refractivity contribution in [3.8, 4) is 11.5 Å². The Bertz CT molecular complexity index is 670. The van der Waals surface area contributed by atoms with E-state index in [1.54, 1.807) is 0 Å². The maximum atomic E-state index is 12.4. The van der Waals surface area contributed by atoms with Gasteiger partial charge in [0.05, 0.1) is 12.2 Å². The van der Waals surface area contributed by atoms with Gasteiger partial charge in [0.15, 0.2) is 0 Å². The lowest BCUT2D eigenvalue weighted by Crippen LogP contribution is -2.34. The Hall–Kier alpha value is -2.53. The third kappa shape index (κ3) is 7.71. The first-order chi connectivity index (χ1) is 13.2. The molecule has 0 aliphatic carbocycles. The van der Waals surface area contributed by atoms with E-state index in [9.17, 15) is 4.79 Å². The normalized spacial score (nSPS) is 10.6. The number of benzene rings is 2. The second-order valence-corrected chi connectivity index (χ2v) is 6.33.